The zero-order chi connectivity index (χ0) is 23.8. The van der Waals surface area contributed by atoms with Crippen LogP contribution in [0, 0.1) is 5.41 Å². The Labute approximate surface area is 195 Å². The molecular weight excluding hydrogens is 418 g/mol. The number of Topliss-reactive ketones (excluding diaryl/α,β-unsaturated/α-hetero) is 1. The molecule has 4 rings (SSSR count). The molecule has 1 unspecified atom stereocenters. The number of carbonyl (C=O) groups excluding carboxylic acids is 2. The van der Waals surface area contributed by atoms with Gasteiger partial charge in [-0.25, -0.2) is 0 Å². The predicted octanol–water partition coefficient (Wildman–Crippen LogP) is 5.27. The maximum absolute atomic E-state index is 13.7. The summed E-state index contributed by atoms with van der Waals surface area (Å²) in [6, 6.07) is 13.1. The van der Waals surface area contributed by atoms with Crippen molar-refractivity contribution < 1.29 is 23.8 Å². The number of allylic oxidation sites excluding steroid dienone is 2. The number of para-hydroxylation sites is 1. The van der Waals surface area contributed by atoms with Gasteiger partial charge in [0.25, 0.3) is 0 Å². The second-order valence-electron chi connectivity index (χ2n) is 9.30. The molecule has 0 spiro atoms. The lowest BCUT2D eigenvalue weighted by molar-refractivity contribution is -0.121. The Morgan fingerprint density at radius 3 is 2.45 bits per heavy atom. The summed E-state index contributed by atoms with van der Waals surface area (Å²) in [5, 5.41) is 0. The predicted molar refractivity (Wildman–Crippen MR) is 127 cm³/mol. The summed E-state index contributed by atoms with van der Waals surface area (Å²) < 4.78 is 16.8. The fourth-order valence-electron chi connectivity index (χ4n) is 4.99. The molecule has 6 heteroatoms. The Kier molecular flexibility index (Phi) is 6.19. The molecule has 2 aromatic carbocycles. The fourth-order valence-corrected chi connectivity index (χ4v) is 4.99. The number of hydrogen-bond donors (Lipinski definition) is 0. The van der Waals surface area contributed by atoms with Crippen LogP contribution in [0.3, 0.4) is 0 Å². The number of benzene rings is 2. The lowest BCUT2D eigenvalue weighted by Crippen LogP contribution is -2.44. The summed E-state index contributed by atoms with van der Waals surface area (Å²) in [5.74, 6) is 1.56. The molecule has 1 aliphatic carbocycles. The molecule has 0 saturated heterocycles. The van der Waals surface area contributed by atoms with Crippen molar-refractivity contribution in [1.82, 2.24) is 0 Å². The second-order valence-corrected chi connectivity index (χ2v) is 9.30. The summed E-state index contributed by atoms with van der Waals surface area (Å²) in [7, 11) is 3.16. The third-order valence-electron chi connectivity index (χ3n) is 6.37. The number of anilines is 1. The zero-order valence-corrected chi connectivity index (χ0v) is 19.9. The van der Waals surface area contributed by atoms with Gasteiger partial charge >= 0.3 is 0 Å². The zero-order valence-electron chi connectivity index (χ0n) is 19.9. The van der Waals surface area contributed by atoms with Gasteiger partial charge in [0.1, 0.15) is 17.2 Å². The van der Waals surface area contributed by atoms with E-state index in [9.17, 15) is 9.59 Å². The topological polar surface area (TPSA) is 65.1 Å². The molecule has 0 radical (unpaired) electrons. The van der Waals surface area contributed by atoms with E-state index in [-0.39, 0.29) is 29.4 Å². The minimum absolute atomic E-state index is 0.0704. The molecule has 0 aromatic heterocycles. The Morgan fingerprint density at radius 1 is 1.00 bits per heavy atom. The van der Waals surface area contributed by atoms with E-state index in [1.807, 2.05) is 37.3 Å². The first-order valence-electron chi connectivity index (χ1n) is 11.3. The van der Waals surface area contributed by atoms with Crippen molar-refractivity contribution >= 4 is 17.4 Å². The molecule has 2 aromatic rings. The molecule has 174 valence electrons. The van der Waals surface area contributed by atoms with Crippen LogP contribution in [0.5, 0.6) is 17.2 Å². The van der Waals surface area contributed by atoms with Gasteiger partial charge in [0.2, 0.25) is 5.91 Å². The lowest BCUT2D eigenvalue weighted by atomic mass is 9.69. The van der Waals surface area contributed by atoms with Gasteiger partial charge in [-0.3, -0.25) is 14.5 Å². The van der Waals surface area contributed by atoms with E-state index in [1.54, 1.807) is 31.3 Å². The average molecular weight is 450 g/mol. The molecule has 0 N–H and O–H groups in total. The molecule has 0 saturated carbocycles. The number of ether oxygens (including phenoxy) is 3. The number of rotatable bonds is 6. The van der Waals surface area contributed by atoms with Crippen molar-refractivity contribution in [3.8, 4) is 17.2 Å². The van der Waals surface area contributed by atoms with E-state index in [0.717, 1.165) is 17.0 Å². The van der Waals surface area contributed by atoms with Crippen LogP contribution in [-0.4, -0.2) is 32.5 Å². The third kappa shape index (κ3) is 4.22. The van der Waals surface area contributed by atoms with Crippen molar-refractivity contribution in [3.05, 3.63) is 59.3 Å². The quantitative estimate of drug-likeness (QED) is 0.601. The first kappa shape index (κ1) is 22.9. The van der Waals surface area contributed by atoms with E-state index in [0.29, 0.717) is 42.2 Å². The summed E-state index contributed by atoms with van der Waals surface area (Å²) in [5.41, 5.74) is 2.72. The molecule has 2 aliphatic rings. The molecular formula is C27H31NO5. The minimum Gasteiger partial charge on any atom is -0.497 e. The summed E-state index contributed by atoms with van der Waals surface area (Å²) in [6.45, 7) is 6.58. The van der Waals surface area contributed by atoms with E-state index in [2.05, 4.69) is 13.8 Å². The van der Waals surface area contributed by atoms with Crippen molar-refractivity contribution in [1.29, 1.82) is 0 Å². The lowest BCUT2D eigenvalue weighted by Gasteiger charge is -2.43. The summed E-state index contributed by atoms with van der Waals surface area (Å²) >= 11 is 0. The van der Waals surface area contributed by atoms with E-state index < -0.39 is 0 Å². The van der Waals surface area contributed by atoms with Gasteiger partial charge in [-0.05, 0) is 37.0 Å². The smallest absolute Gasteiger partial charge is 0.232 e. The normalized spacial score (nSPS) is 19.9. The van der Waals surface area contributed by atoms with Gasteiger partial charge in [-0.1, -0.05) is 32.0 Å². The van der Waals surface area contributed by atoms with Gasteiger partial charge in [-0.2, -0.15) is 0 Å². The highest BCUT2D eigenvalue weighted by molar-refractivity contribution is 6.08. The molecule has 33 heavy (non-hydrogen) atoms. The van der Waals surface area contributed by atoms with Crippen LogP contribution in [-0.2, 0) is 9.59 Å². The average Bonchev–Trinajstić information content (AvgIpc) is 2.78. The van der Waals surface area contributed by atoms with Crippen LogP contribution < -0.4 is 19.1 Å². The number of hydrogen-bond acceptors (Lipinski definition) is 5. The van der Waals surface area contributed by atoms with Crippen LogP contribution in [0.1, 0.15) is 51.5 Å². The van der Waals surface area contributed by atoms with Crippen molar-refractivity contribution in [3.63, 3.8) is 0 Å². The number of nitrogens with zero attached hydrogens (tertiary/aromatic N) is 1. The summed E-state index contributed by atoms with van der Waals surface area (Å²) in [4.78, 5) is 28.9. The van der Waals surface area contributed by atoms with Crippen LogP contribution in [0.4, 0.5) is 5.69 Å². The molecule has 1 aliphatic heterocycles. The number of ketones is 1. The highest BCUT2D eigenvalue weighted by atomic mass is 16.5. The first-order valence-corrected chi connectivity index (χ1v) is 11.3. The van der Waals surface area contributed by atoms with Gasteiger partial charge in [0, 0.05) is 41.7 Å². The van der Waals surface area contributed by atoms with Gasteiger partial charge < -0.3 is 14.2 Å². The number of methoxy groups -OCH3 is 2. The first-order chi connectivity index (χ1) is 15.8. The summed E-state index contributed by atoms with van der Waals surface area (Å²) in [6.07, 6.45) is 1.24. The van der Waals surface area contributed by atoms with Gasteiger partial charge in [0.15, 0.2) is 5.78 Å². The maximum atomic E-state index is 13.7. The van der Waals surface area contributed by atoms with E-state index >= 15 is 0 Å². The highest BCUT2D eigenvalue weighted by Gasteiger charge is 2.45. The van der Waals surface area contributed by atoms with Crippen molar-refractivity contribution in [2.75, 3.05) is 25.7 Å². The monoisotopic (exact) mass is 449 g/mol. The Balaban J connectivity index is 1.92. The molecule has 1 atom stereocenters. The Hall–Kier alpha value is -3.28. The number of amides is 1. The van der Waals surface area contributed by atoms with E-state index in [1.165, 1.54) is 0 Å². The molecule has 1 amide bonds. The Morgan fingerprint density at radius 2 is 1.76 bits per heavy atom. The van der Waals surface area contributed by atoms with Crippen LogP contribution >= 0.6 is 0 Å². The van der Waals surface area contributed by atoms with E-state index in [4.69, 9.17) is 14.2 Å². The van der Waals surface area contributed by atoms with Crippen molar-refractivity contribution in [2.24, 2.45) is 5.41 Å². The van der Waals surface area contributed by atoms with Gasteiger partial charge in [-0.15, -0.1) is 0 Å². The SMILES string of the molecule is CCOc1ccccc1C1CC(=O)N(c2ccc(OC)cc2OC)C2=C1C(=O)CC(C)(C)C2. The standard InChI is InChI=1S/C27H31NO5/c1-6-33-23-10-8-7-9-18(23)19-14-25(30)28(20-12-11-17(31-4)13-24(20)32-5)21-15-27(2,3)16-22(29)26(19)21/h7-13,19H,6,14-16H2,1-5H3. The van der Waals surface area contributed by atoms with Crippen LogP contribution in [0.15, 0.2) is 53.7 Å². The van der Waals surface area contributed by atoms with Gasteiger partial charge in [0.05, 0.1) is 26.5 Å². The Bertz CT molecular complexity index is 1120. The van der Waals surface area contributed by atoms with Crippen molar-refractivity contribution in [2.45, 2.75) is 46.0 Å². The second kappa shape index (κ2) is 8.93. The molecule has 1 heterocycles. The third-order valence-corrected chi connectivity index (χ3v) is 6.37. The fraction of sp³-hybridized carbons (Fsp3) is 0.407. The molecule has 6 nitrogen and oxygen atoms in total. The van der Waals surface area contributed by atoms with Crippen LogP contribution in [0.25, 0.3) is 0 Å². The molecule has 0 bridgehead atoms. The largest absolute Gasteiger partial charge is 0.497 e. The molecule has 0 fully saturated rings. The minimum atomic E-state index is -0.334. The number of carbonyl (C=O) groups is 2. The maximum Gasteiger partial charge on any atom is 0.232 e. The van der Waals surface area contributed by atoms with Crippen LogP contribution in [0.2, 0.25) is 0 Å². The highest BCUT2D eigenvalue weighted by Crippen LogP contribution is 2.50.